The van der Waals surface area contributed by atoms with Crippen LogP contribution in [0.3, 0.4) is 0 Å². The van der Waals surface area contributed by atoms with Gasteiger partial charge in [-0.3, -0.25) is 9.69 Å². The van der Waals surface area contributed by atoms with Crippen LogP contribution in [0.15, 0.2) is 48.5 Å². The summed E-state index contributed by atoms with van der Waals surface area (Å²) in [5, 5.41) is 0. The van der Waals surface area contributed by atoms with E-state index in [4.69, 9.17) is 0 Å². The minimum Gasteiger partial charge on any atom is -0.282 e. The number of carbonyl (C=O) groups excluding carboxylic acids is 1. The van der Waals surface area contributed by atoms with Gasteiger partial charge in [-0.1, -0.05) is 48.6 Å². The number of para-hydroxylation sites is 2. The van der Waals surface area contributed by atoms with Gasteiger partial charge in [0.05, 0.1) is 11.4 Å². The van der Waals surface area contributed by atoms with E-state index in [1.165, 1.54) is 0 Å². The van der Waals surface area contributed by atoms with E-state index in [-0.39, 0.29) is 0 Å². The number of carbonyl (C=O) groups is 1. The number of rotatable bonds is 1. The third kappa shape index (κ3) is 1.54. The van der Waals surface area contributed by atoms with Gasteiger partial charge < -0.3 is 0 Å². The normalized spacial score (nSPS) is 12.6. The third-order valence-electron chi connectivity index (χ3n) is 2.94. The number of anilines is 2. The molecule has 0 aromatic heterocycles. The van der Waals surface area contributed by atoms with E-state index >= 15 is 0 Å². The maximum Gasteiger partial charge on any atom is 0.218 e. The molecule has 1 aliphatic rings. The van der Waals surface area contributed by atoms with Crippen LogP contribution in [-0.4, -0.2) is 6.41 Å². The lowest BCUT2D eigenvalue weighted by molar-refractivity contribution is -0.106. The van der Waals surface area contributed by atoms with Crippen molar-refractivity contribution in [1.29, 1.82) is 0 Å². The van der Waals surface area contributed by atoms with Gasteiger partial charge in [0.25, 0.3) is 0 Å². The standard InChI is InChI=1S/C15H11NO/c17-11-16-14-7-3-1-5-12(14)9-10-13-6-2-4-8-15(13)16/h1-11H. The highest BCUT2D eigenvalue weighted by Gasteiger charge is 2.15. The van der Waals surface area contributed by atoms with Crippen LogP contribution in [-0.2, 0) is 4.79 Å². The Bertz CT molecular complexity index is 552. The van der Waals surface area contributed by atoms with Gasteiger partial charge in [0.15, 0.2) is 0 Å². The summed E-state index contributed by atoms with van der Waals surface area (Å²) in [7, 11) is 0. The van der Waals surface area contributed by atoms with E-state index in [0.29, 0.717) is 0 Å². The van der Waals surface area contributed by atoms with Gasteiger partial charge in [0.1, 0.15) is 0 Å². The van der Waals surface area contributed by atoms with Crippen molar-refractivity contribution in [2.24, 2.45) is 0 Å². The first-order valence-corrected chi connectivity index (χ1v) is 5.51. The Hall–Kier alpha value is -2.35. The largest absolute Gasteiger partial charge is 0.282 e. The summed E-state index contributed by atoms with van der Waals surface area (Å²) in [4.78, 5) is 13.0. The SMILES string of the molecule is O=CN1c2ccccc2C=Cc2ccccc21. The molecule has 0 spiro atoms. The lowest BCUT2D eigenvalue weighted by atomic mass is 10.1. The molecule has 0 radical (unpaired) electrons. The van der Waals surface area contributed by atoms with Crippen molar-refractivity contribution in [2.75, 3.05) is 4.90 Å². The van der Waals surface area contributed by atoms with E-state index < -0.39 is 0 Å². The van der Waals surface area contributed by atoms with E-state index in [1.54, 1.807) is 4.90 Å². The van der Waals surface area contributed by atoms with Crippen LogP contribution in [0.2, 0.25) is 0 Å². The first-order valence-electron chi connectivity index (χ1n) is 5.51. The zero-order chi connectivity index (χ0) is 11.7. The minimum absolute atomic E-state index is 0.866. The molecule has 0 N–H and O–H groups in total. The summed E-state index contributed by atoms with van der Waals surface area (Å²) in [5.41, 5.74) is 3.94. The first-order chi connectivity index (χ1) is 8.40. The summed E-state index contributed by atoms with van der Waals surface area (Å²) in [6.07, 6.45) is 4.94. The van der Waals surface area contributed by atoms with Crippen molar-refractivity contribution in [3.05, 3.63) is 59.7 Å². The van der Waals surface area contributed by atoms with Gasteiger partial charge in [-0.15, -0.1) is 0 Å². The lowest BCUT2D eigenvalue weighted by Crippen LogP contribution is -2.15. The van der Waals surface area contributed by atoms with E-state index in [2.05, 4.69) is 0 Å². The number of benzene rings is 2. The fourth-order valence-electron chi connectivity index (χ4n) is 2.12. The van der Waals surface area contributed by atoms with Crippen molar-refractivity contribution < 1.29 is 4.79 Å². The first kappa shape index (κ1) is 9.85. The number of fused-ring (bicyclic) bond motifs is 2. The Labute approximate surface area is 99.8 Å². The van der Waals surface area contributed by atoms with Crippen LogP contribution in [0, 0.1) is 0 Å². The molecule has 3 rings (SSSR count). The molecule has 0 fully saturated rings. The van der Waals surface area contributed by atoms with Crippen LogP contribution >= 0.6 is 0 Å². The minimum atomic E-state index is 0.866. The molecular weight excluding hydrogens is 210 g/mol. The fraction of sp³-hybridized carbons (Fsp3) is 0. The Kier molecular flexibility index (Phi) is 2.26. The highest BCUT2D eigenvalue weighted by Crippen LogP contribution is 2.34. The van der Waals surface area contributed by atoms with Crippen molar-refractivity contribution in [3.63, 3.8) is 0 Å². The predicted octanol–water partition coefficient (Wildman–Crippen LogP) is 3.46. The molecule has 0 atom stereocenters. The van der Waals surface area contributed by atoms with Gasteiger partial charge in [0, 0.05) is 0 Å². The molecule has 1 aliphatic heterocycles. The van der Waals surface area contributed by atoms with Crippen LogP contribution in [0.1, 0.15) is 11.1 Å². The van der Waals surface area contributed by atoms with Gasteiger partial charge in [-0.2, -0.15) is 0 Å². The quantitative estimate of drug-likeness (QED) is 0.675. The zero-order valence-corrected chi connectivity index (χ0v) is 9.21. The Morgan fingerprint density at radius 3 is 1.71 bits per heavy atom. The van der Waals surface area contributed by atoms with Gasteiger partial charge >= 0.3 is 0 Å². The van der Waals surface area contributed by atoms with Crippen LogP contribution in [0.5, 0.6) is 0 Å². The van der Waals surface area contributed by atoms with Crippen LogP contribution < -0.4 is 4.90 Å². The van der Waals surface area contributed by atoms with Crippen LogP contribution in [0.4, 0.5) is 11.4 Å². The molecule has 1 amide bonds. The summed E-state index contributed by atoms with van der Waals surface area (Å²) in [5.74, 6) is 0. The molecule has 1 heterocycles. The number of hydrogen-bond acceptors (Lipinski definition) is 1. The summed E-state index contributed by atoms with van der Waals surface area (Å²) in [6, 6.07) is 15.8. The fourth-order valence-corrected chi connectivity index (χ4v) is 2.12. The van der Waals surface area contributed by atoms with Gasteiger partial charge in [-0.05, 0) is 23.3 Å². The molecule has 0 bridgehead atoms. The molecule has 2 aromatic rings. The predicted molar refractivity (Wildman–Crippen MR) is 70.0 cm³/mol. The topological polar surface area (TPSA) is 20.3 Å². The van der Waals surface area contributed by atoms with E-state index in [9.17, 15) is 4.79 Å². The second-order valence-electron chi connectivity index (χ2n) is 3.93. The second kappa shape index (κ2) is 3.91. The molecular formula is C15H11NO. The Morgan fingerprint density at radius 2 is 1.24 bits per heavy atom. The van der Waals surface area contributed by atoms with Crippen molar-refractivity contribution in [3.8, 4) is 0 Å². The molecule has 82 valence electrons. The van der Waals surface area contributed by atoms with E-state index in [0.717, 1.165) is 28.9 Å². The van der Waals surface area contributed by atoms with Crippen LogP contribution in [0.25, 0.3) is 12.2 Å². The number of nitrogens with zero attached hydrogens (tertiary/aromatic N) is 1. The molecule has 0 saturated carbocycles. The molecule has 17 heavy (non-hydrogen) atoms. The summed E-state index contributed by atoms with van der Waals surface area (Å²) in [6.45, 7) is 0. The van der Waals surface area contributed by atoms with Gasteiger partial charge in [-0.25, -0.2) is 0 Å². The Morgan fingerprint density at radius 1 is 0.765 bits per heavy atom. The molecule has 2 heteroatoms. The monoisotopic (exact) mass is 221 g/mol. The maximum atomic E-state index is 11.3. The van der Waals surface area contributed by atoms with Crippen molar-refractivity contribution >= 4 is 29.9 Å². The Balaban J connectivity index is 2.29. The maximum absolute atomic E-state index is 11.3. The highest BCUT2D eigenvalue weighted by atomic mass is 16.1. The molecule has 2 nitrogen and oxygen atoms in total. The summed E-state index contributed by atoms with van der Waals surface area (Å²) < 4.78 is 0. The molecule has 0 aliphatic carbocycles. The number of hydrogen-bond donors (Lipinski definition) is 0. The van der Waals surface area contributed by atoms with Gasteiger partial charge in [0.2, 0.25) is 6.41 Å². The van der Waals surface area contributed by atoms with Crippen molar-refractivity contribution in [1.82, 2.24) is 0 Å². The number of amides is 1. The van der Waals surface area contributed by atoms with Crippen molar-refractivity contribution in [2.45, 2.75) is 0 Å². The molecule has 0 saturated heterocycles. The van der Waals surface area contributed by atoms with E-state index in [1.807, 2.05) is 60.7 Å². The smallest absolute Gasteiger partial charge is 0.218 e. The molecule has 2 aromatic carbocycles. The second-order valence-corrected chi connectivity index (χ2v) is 3.93. The average molecular weight is 221 g/mol. The molecule has 0 unspecified atom stereocenters. The zero-order valence-electron chi connectivity index (χ0n) is 9.21. The average Bonchev–Trinajstić information content (AvgIpc) is 2.55. The summed E-state index contributed by atoms with van der Waals surface area (Å²) >= 11 is 0. The highest BCUT2D eigenvalue weighted by molar-refractivity contribution is 5.97. The lowest BCUT2D eigenvalue weighted by Gasteiger charge is -2.19. The third-order valence-corrected chi connectivity index (χ3v) is 2.94.